The topological polar surface area (TPSA) is 109 Å². The molecular formula is C24H24N4O4S. The van der Waals surface area contributed by atoms with E-state index in [4.69, 9.17) is 4.74 Å². The van der Waals surface area contributed by atoms with Gasteiger partial charge in [-0.25, -0.2) is 4.98 Å². The molecule has 1 heterocycles. The Balaban J connectivity index is 1.44. The van der Waals surface area contributed by atoms with Gasteiger partial charge in [0, 0.05) is 28.7 Å². The third-order valence-corrected chi connectivity index (χ3v) is 6.36. The van der Waals surface area contributed by atoms with Crippen LogP contribution in [0, 0.1) is 0 Å². The zero-order chi connectivity index (χ0) is 23.4. The molecule has 0 spiro atoms. The maximum Gasteiger partial charge on any atom is 0.257 e. The van der Waals surface area contributed by atoms with Gasteiger partial charge in [-0.3, -0.25) is 19.7 Å². The molecule has 3 amide bonds. The van der Waals surface area contributed by atoms with Crippen molar-refractivity contribution in [3.05, 3.63) is 64.7 Å². The first-order chi connectivity index (χ1) is 15.9. The van der Waals surface area contributed by atoms with Crippen molar-refractivity contribution in [3.63, 3.8) is 0 Å². The number of hydrogen-bond donors (Lipinski definition) is 3. The van der Waals surface area contributed by atoms with Crippen LogP contribution in [0.4, 0.5) is 16.5 Å². The number of amides is 3. The summed E-state index contributed by atoms with van der Waals surface area (Å²) in [6.07, 6.45) is 2.40. The van der Waals surface area contributed by atoms with Gasteiger partial charge in [0.1, 0.15) is 5.75 Å². The highest BCUT2D eigenvalue weighted by atomic mass is 32.1. The van der Waals surface area contributed by atoms with E-state index in [0.29, 0.717) is 34.2 Å². The number of aryl methyl sites for hydroxylation is 1. The second-order valence-electron chi connectivity index (χ2n) is 7.70. The van der Waals surface area contributed by atoms with Gasteiger partial charge in [-0.15, -0.1) is 11.3 Å². The van der Waals surface area contributed by atoms with E-state index in [1.165, 1.54) is 18.3 Å². The molecule has 0 bridgehead atoms. The molecule has 33 heavy (non-hydrogen) atoms. The van der Waals surface area contributed by atoms with Crippen molar-refractivity contribution in [2.24, 2.45) is 0 Å². The Kier molecular flexibility index (Phi) is 6.69. The van der Waals surface area contributed by atoms with Gasteiger partial charge in [-0.05, 0) is 67.8 Å². The van der Waals surface area contributed by atoms with Crippen LogP contribution in [0.1, 0.15) is 46.6 Å². The lowest BCUT2D eigenvalue weighted by Crippen LogP contribution is -2.24. The fourth-order valence-electron chi connectivity index (χ4n) is 3.71. The predicted octanol–water partition coefficient (Wildman–Crippen LogP) is 4.42. The Labute approximate surface area is 195 Å². The van der Waals surface area contributed by atoms with E-state index in [1.54, 1.807) is 55.6 Å². The van der Waals surface area contributed by atoms with E-state index in [2.05, 4.69) is 20.9 Å². The molecule has 0 aliphatic heterocycles. The third-order valence-electron chi connectivity index (χ3n) is 5.32. The van der Waals surface area contributed by atoms with Crippen molar-refractivity contribution in [3.8, 4) is 5.75 Å². The monoisotopic (exact) mass is 464 g/mol. The maximum absolute atomic E-state index is 13.0. The minimum atomic E-state index is -0.383. The summed E-state index contributed by atoms with van der Waals surface area (Å²) in [5.41, 5.74) is 2.53. The summed E-state index contributed by atoms with van der Waals surface area (Å²) in [6.45, 7) is 1.44. The lowest BCUT2D eigenvalue weighted by atomic mass is 9.90. The number of nitrogens with zero attached hydrogens (tertiary/aromatic N) is 1. The second-order valence-corrected chi connectivity index (χ2v) is 8.79. The third kappa shape index (κ3) is 5.38. The molecule has 1 aliphatic carbocycles. The molecule has 3 N–H and O–H groups in total. The SMILES string of the molecule is COc1ccc(C(=O)Nc2nc3c(s2)CCCC3C(=O)Nc2ccc(NC(C)=O)cc2)cc1. The molecule has 0 saturated heterocycles. The van der Waals surface area contributed by atoms with Gasteiger partial charge in [-0.2, -0.15) is 0 Å². The number of fused-ring (bicyclic) bond motifs is 1. The highest BCUT2D eigenvalue weighted by molar-refractivity contribution is 7.16. The van der Waals surface area contributed by atoms with E-state index in [0.717, 1.165) is 23.4 Å². The van der Waals surface area contributed by atoms with Crippen LogP contribution in [-0.2, 0) is 16.0 Å². The largest absolute Gasteiger partial charge is 0.497 e. The molecule has 1 unspecified atom stereocenters. The molecule has 2 aromatic carbocycles. The lowest BCUT2D eigenvalue weighted by Gasteiger charge is -2.20. The fraction of sp³-hybridized carbons (Fsp3) is 0.250. The van der Waals surface area contributed by atoms with Crippen LogP contribution in [0.5, 0.6) is 5.75 Å². The van der Waals surface area contributed by atoms with Crippen LogP contribution >= 0.6 is 11.3 Å². The molecule has 8 nitrogen and oxygen atoms in total. The van der Waals surface area contributed by atoms with Crippen LogP contribution in [0.3, 0.4) is 0 Å². The molecule has 1 aromatic heterocycles. The fourth-order valence-corrected chi connectivity index (χ4v) is 4.77. The Bertz CT molecular complexity index is 1170. The Morgan fingerprint density at radius 2 is 1.64 bits per heavy atom. The van der Waals surface area contributed by atoms with Crippen molar-refractivity contribution in [1.82, 2.24) is 4.98 Å². The van der Waals surface area contributed by atoms with Crippen molar-refractivity contribution < 1.29 is 19.1 Å². The Hall–Kier alpha value is -3.72. The van der Waals surface area contributed by atoms with Crippen LogP contribution in [-0.4, -0.2) is 29.8 Å². The average Bonchev–Trinajstić information content (AvgIpc) is 3.22. The first-order valence-electron chi connectivity index (χ1n) is 10.6. The van der Waals surface area contributed by atoms with Crippen LogP contribution in [0.15, 0.2) is 48.5 Å². The summed E-state index contributed by atoms with van der Waals surface area (Å²) < 4.78 is 5.12. The summed E-state index contributed by atoms with van der Waals surface area (Å²) in [4.78, 5) is 42.3. The summed E-state index contributed by atoms with van der Waals surface area (Å²) in [5.74, 6) is -0.257. The minimum Gasteiger partial charge on any atom is -0.497 e. The number of benzene rings is 2. The molecule has 4 rings (SSSR count). The summed E-state index contributed by atoms with van der Waals surface area (Å²) in [7, 11) is 1.57. The first-order valence-corrected chi connectivity index (χ1v) is 11.4. The number of carbonyl (C=O) groups excluding carboxylic acids is 3. The lowest BCUT2D eigenvalue weighted by molar-refractivity contribution is -0.118. The number of aromatic nitrogens is 1. The number of ether oxygens (including phenoxy) is 1. The van der Waals surface area contributed by atoms with E-state index < -0.39 is 0 Å². The van der Waals surface area contributed by atoms with Gasteiger partial charge < -0.3 is 15.4 Å². The number of rotatable bonds is 6. The number of thiazole rings is 1. The normalized spacial score (nSPS) is 14.7. The van der Waals surface area contributed by atoms with Crippen LogP contribution in [0.2, 0.25) is 0 Å². The first kappa shape index (κ1) is 22.5. The van der Waals surface area contributed by atoms with Crippen molar-refractivity contribution in [2.75, 3.05) is 23.1 Å². The second kappa shape index (κ2) is 9.83. The van der Waals surface area contributed by atoms with E-state index in [9.17, 15) is 14.4 Å². The Morgan fingerprint density at radius 1 is 0.970 bits per heavy atom. The maximum atomic E-state index is 13.0. The van der Waals surface area contributed by atoms with Crippen molar-refractivity contribution >= 4 is 45.6 Å². The Morgan fingerprint density at radius 3 is 2.27 bits per heavy atom. The van der Waals surface area contributed by atoms with Gasteiger partial charge >= 0.3 is 0 Å². The zero-order valence-corrected chi connectivity index (χ0v) is 19.1. The van der Waals surface area contributed by atoms with E-state index in [-0.39, 0.29) is 23.6 Å². The molecule has 0 saturated carbocycles. The van der Waals surface area contributed by atoms with Gasteiger partial charge in [-0.1, -0.05) is 0 Å². The van der Waals surface area contributed by atoms with Crippen LogP contribution < -0.4 is 20.7 Å². The summed E-state index contributed by atoms with van der Waals surface area (Å²) >= 11 is 1.41. The number of methoxy groups -OCH3 is 1. The molecular weight excluding hydrogens is 440 g/mol. The van der Waals surface area contributed by atoms with Gasteiger partial charge in [0.2, 0.25) is 11.8 Å². The van der Waals surface area contributed by atoms with Crippen LogP contribution in [0.25, 0.3) is 0 Å². The molecule has 1 atom stereocenters. The van der Waals surface area contributed by atoms with Gasteiger partial charge in [0.15, 0.2) is 5.13 Å². The van der Waals surface area contributed by atoms with Crippen molar-refractivity contribution in [2.45, 2.75) is 32.1 Å². The molecule has 0 fully saturated rings. The highest BCUT2D eigenvalue weighted by Crippen LogP contribution is 2.37. The van der Waals surface area contributed by atoms with Gasteiger partial charge in [0.25, 0.3) is 5.91 Å². The summed E-state index contributed by atoms with van der Waals surface area (Å²) in [6, 6.07) is 13.8. The number of anilines is 3. The van der Waals surface area contributed by atoms with E-state index in [1.807, 2.05) is 0 Å². The minimum absolute atomic E-state index is 0.137. The van der Waals surface area contributed by atoms with E-state index >= 15 is 0 Å². The number of hydrogen-bond acceptors (Lipinski definition) is 6. The number of nitrogens with one attached hydrogen (secondary N) is 3. The quantitative estimate of drug-likeness (QED) is 0.500. The smallest absolute Gasteiger partial charge is 0.257 e. The summed E-state index contributed by atoms with van der Waals surface area (Å²) in [5, 5.41) is 8.96. The molecule has 0 radical (unpaired) electrons. The average molecular weight is 465 g/mol. The molecule has 1 aliphatic rings. The zero-order valence-electron chi connectivity index (χ0n) is 18.3. The molecule has 3 aromatic rings. The molecule has 170 valence electrons. The standard InChI is InChI=1S/C24H24N4O4S/c1-14(29)25-16-8-10-17(11-9-16)26-23(31)19-4-3-5-20-21(19)27-24(33-20)28-22(30)15-6-12-18(32-2)13-7-15/h6-13,19H,3-5H2,1-2H3,(H,25,29)(H,26,31)(H,27,28,30). The highest BCUT2D eigenvalue weighted by Gasteiger charge is 2.30. The van der Waals surface area contributed by atoms with Crippen molar-refractivity contribution in [1.29, 1.82) is 0 Å². The predicted molar refractivity (Wildman–Crippen MR) is 128 cm³/mol. The molecule has 9 heteroatoms. The van der Waals surface area contributed by atoms with Gasteiger partial charge in [0.05, 0.1) is 18.7 Å². The number of carbonyl (C=O) groups is 3.